The molecule has 3 rings (SSSR count). The van der Waals surface area contributed by atoms with Crippen molar-refractivity contribution in [3.05, 3.63) is 35.1 Å². The zero-order chi connectivity index (χ0) is 12.7. The molecule has 92 valence electrons. The maximum Gasteiger partial charge on any atom is 0.208 e. The van der Waals surface area contributed by atoms with E-state index in [0.717, 1.165) is 23.0 Å². The third kappa shape index (κ3) is 1.71. The minimum Gasteiger partial charge on any atom is -0.445 e. The number of nitrogens with zero attached hydrogens (tertiary/aromatic N) is 1. The van der Waals surface area contributed by atoms with Crippen LogP contribution in [0.4, 0.5) is 0 Å². The molecule has 1 fully saturated rings. The molecule has 1 aliphatic carbocycles. The molecule has 1 aromatic carbocycles. The van der Waals surface area contributed by atoms with Crippen LogP contribution in [0.15, 0.2) is 22.6 Å². The molecule has 0 aliphatic heterocycles. The molecule has 0 spiro atoms. The molecule has 2 aromatic rings. The highest BCUT2D eigenvalue weighted by molar-refractivity contribution is 5.85. The molecule has 2 nitrogen and oxygen atoms in total. The summed E-state index contributed by atoms with van der Waals surface area (Å²) in [7, 11) is 0. The van der Waals surface area contributed by atoms with Crippen LogP contribution < -0.4 is 0 Å². The predicted octanol–water partition coefficient (Wildman–Crippen LogP) is 4.70. The SMILES string of the molecule is CCC(C)c1ccc2oc(C#N)c(C3CC3)c2c1. The lowest BCUT2D eigenvalue weighted by Crippen LogP contribution is -1.90. The minimum absolute atomic E-state index is 0.522. The van der Waals surface area contributed by atoms with Crippen LogP contribution in [-0.4, -0.2) is 0 Å². The van der Waals surface area contributed by atoms with Crippen LogP contribution in [0.1, 0.15) is 61.8 Å². The van der Waals surface area contributed by atoms with Crippen molar-refractivity contribution in [1.82, 2.24) is 0 Å². The molecular weight excluding hydrogens is 222 g/mol. The number of fused-ring (bicyclic) bond motifs is 1. The molecule has 2 heteroatoms. The van der Waals surface area contributed by atoms with Crippen molar-refractivity contribution < 1.29 is 4.42 Å². The molecule has 18 heavy (non-hydrogen) atoms. The number of benzene rings is 1. The van der Waals surface area contributed by atoms with Crippen molar-refractivity contribution in [2.75, 3.05) is 0 Å². The van der Waals surface area contributed by atoms with E-state index in [4.69, 9.17) is 4.42 Å². The van der Waals surface area contributed by atoms with Crippen molar-refractivity contribution in [2.45, 2.75) is 44.9 Å². The first kappa shape index (κ1) is 11.3. The molecule has 0 saturated heterocycles. The van der Waals surface area contributed by atoms with Gasteiger partial charge in [-0.15, -0.1) is 0 Å². The molecule has 1 aliphatic rings. The third-order valence-corrected chi connectivity index (χ3v) is 4.02. The summed E-state index contributed by atoms with van der Waals surface area (Å²) < 4.78 is 5.66. The Bertz CT molecular complexity index is 628. The summed E-state index contributed by atoms with van der Waals surface area (Å²) in [4.78, 5) is 0. The van der Waals surface area contributed by atoms with Crippen molar-refractivity contribution in [3.63, 3.8) is 0 Å². The monoisotopic (exact) mass is 239 g/mol. The van der Waals surface area contributed by atoms with Gasteiger partial charge in [0.15, 0.2) is 0 Å². The van der Waals surface area contributed by atoms with E-state index in [2.05, 4.69) is 32.0 Å². The van der Waals surface area contributed by atoms with E-state index < -0.39 is 0 Å². The first-order valence-corrected chi connectivity index (χ1v) is 6.71. The fourth-order valence-corrected chi connectivity index (χ4v) is 2.54. The maximum atomic E-state index is 9.18. The van der Waals surface area contributed by atoms with E-state index in [0.29, 0.717) is 17.6 Å². The molecular formula is C16H17NO. The zero-order valence-electron chi connectivity index (χ0n) is 10.9. The highest BCUT2D eigenvalue weighted by Crippen LogP contribution is 2.46. The summed E-state index contributed by atoms with van der Waals surface area (Å²) in [5.74, 6) is 1.63. The fraction of sp³-hybridized carbons (Fsp3) is 0.438. The van der Waals surface area contributed by atoms with Gasteiger partial charge in [0.1, 0.15) is 11.7 Å². The van der Waals surface area contributed by atoms with Crippen LogP contribution in [0.3, 0.4) is 0 Å². The molecule has 1 saturated carbocycles. The van der Waals surface area contributed by atoms with Crippen molar-refractivity contribution in [2.24, 2.45) is 0 Å². The molecule has 1 unspecified atom stereocenters. The molecule has 1 aromatic heterocycles. The quantitative estimate of drug-likeness (QED) is 0.778. The number of nitriles is 1. The summed E-state index contributed by atoms with van der Waals surface area (Å²) in [6.07, 6.45) is 3.51. The first-order valence-electron chi connectivity index (χ1n) is 6.71. The van der Waals surface area contributed by atoms with E-state index in [1.54, 1.807) is 0 Å². The largest absolute Gasteiger partial charge is 0.445 e. The van der Waals surface area contributed by atoms with Crippen LogP contribution in [0.2, 0.25) is 0 Å². The van der Waals surface area contributed by atoms with Crippen molar-refractivity contribution >= 4 is 11.0 Å². The average molecular weight is 239 g/mol. The van der Waals surface area contributed by atoms with Gasteiger partial charge in [-0.3, -0.25) is 0 Å². The Labute approximate surface area is 107 Å². The highest BCUT2D eigenvalue weighted by atomic mass is 16.3. The van der Waals surface area contributed by atoms with Gasteiger partial charge >= 0.3 is 0 Å². The minimum atomic E-state index is 0.522. The molecule has 0 N–H and O–H groups in total. The standard InChI is InChI=1S/C16H17NO/c1-3-10(2)12-6-7-14-13(8-12)16(11-4-5-11)15(9-17)18-14/h6-8,10-11H,3-5H2,1-2H3. The van der Waals surface area contributed by atoms with E-state index in [1.165, 1.54) is 18.4 Å². The molecule has 1 heterocycles. The second kappa shape index (κ2) is 4.17. The number of hydrogen-bond donors (Lipinski definition) is 0. The molecule has 1 atom stereocenters. The van der Waals surface area contributed by atoms with Gasteiger partial charge in [0, 0.05) is 10.9 Å². The predicted molar refractivity (Wildman–Crippen MR) is 71.6 cm³/mol. The second-order valence-electron chi connectivity index (χ2n) is 5.30. The Balaban J connectivity index is 2.19. The first-order chi connectivity index (χ1) is 8.74. The summed E-state index contributed by atoms with van der Waals surface area (Å²) in [5.41, 5.74) is 3.36. The molecule has 0 amide bonds. The average Bonchev–Trinajstić information content (AvgIpc) is 3.17. The topological polar surface area (TPSA) is 36.9 Å². The summed E-state index contributed by atoms with van der Waals surface area (Å²) in [6.45, 7) is 4.44. The van der Waals surface area contributed by atoms with Crippen LogP contribution in [-0.2, 0) is 0 Å². The lowest BCUT2D eigenvalue weighted by molar-refractivity contribution is 0.593. The maximum absolute atomic E-state index is 9.18. The Kier molecular flexibility index (Phi) is 2.63. The third-order valence-electron chi connectivity index (χ3n) is 4.02. The van der Waals surface area contributed by atoms with Gasteiger partial charge < -0.3 is 4.42 Å². The van der Waals surface area contributed by atoms with Gasteiger partial charge in [-0.2, -0.15) is 5.26 Å². The van der Waals surface area contributed by atoms with Gasteiger partial charge in [-0.25, -0.2) is 0 Å². The van der Waals surface area contributed by atoms with Gasteiger partial charge in [0.2, 0.25) is 5.76 Å². The molecule has 0 bridgehead atoms. The number of hydrogen-bond acceptors (Lipinski definition) is 2. The Morgan fingerprint density at radius 2 is 2.22 bits per heavy atom. The lowest BCUT2D eigenvalue weighted by Gasteiger charge is -2.08. The van der Waals surface area contributed by atoms with Gasteiger partial charge in [-0.05, 0) is 48.8 Å². The van der Waals surface area contributed by atoms with Crippen LogP contribution in [0.25, 0.3) is 11.0 Å². The fourth-order valence-electron chi connectivity index (χ4n) is 2.54. The highest BCUT2D eigenvalue weighted by Gasteiger charge is 2.31. The van der Waals surface area contributed by atoms with Crippen LogP contribution >= 0.6 is 0 Å². The van der Waals surface area contributed by atoms with Crippen molar-refractivity contribution in [3.8, 4) is 6.07 Å². The van der Waals surface area contributed by atoms with Gasteiger partial charge in [0.25, 0.3) is 0 Å². The van der Waals surface area contributed by atoms with E-state index in [9.17, 15) is 5.26 Å². The number of rotatable bonds is 3. The summed E-state index contributed by atoms with van der Waals surface area (Å²) in [5, 5.41) is 10.3. The smallest absolute Gasteiger partial charge is 0.208 e. The van der Waals surface area contributed by atoms with Gasteiger partial charge in [0.05, 0.1) is 0 Å². The normalized spacial score (nSPS) is 16.7. The van der Waals surface area contributed by atoms with Crippen LogP contribution in [0.5, 0.6) is 0 Å². The Morgan fingerprint density at radius 1 is 1.44 bits per heavy atom. The lowest BCUT2D eigenvalue weighted by atomic mass is 9.96. The number of furan rings is 1. The second-order valence-corrected chi connectivity index (χ2v) is 5.30. The van der Waals surface area contributed by atoms with E-state index >= 15 is 0 Å². The van der Waals surface area contributed by atoms with Crippen LogP contribution in [0, 0.1) is 11.3 Å². The van der Waals surface area contributed by atoms with E-state index in [-0.39, 0.29) is 0 Å². The van der Waals surface area contributed by atoms with Gasteiger partial charge in [-0.1, -0.05) is 19.9 Å². The molecule has 0 radical (unpaired) electrons. The van der Waals surface area contributed by atoms with Crippen molar-refractivity contribution in [1.29, 1.82) is 5.26 Å². The Hall–Kier alpha value is -1.75. The Morgan fingerprint density at radius 3 is 2.83 bits per heavy atom. The van der Waals surface area contributed by atoms with E-state index in [1.807, 2.05) is 6.07 Å². The summed E-state index contributed by atoms with van der Waals surface area (Å²) >= 11 is 0. The summed E-state index contributed by atoms with van der Waals surface area (Å²) in [6, 6.07) is 8.57. The zero-order valence-corrected chi connectivity index (χ0v) is 10.9.